The summed E-state index contributed by atoms with van der Waals surface area (Å²) in [4.78, 5) is 26.1. The third-order valence-electron chi connectivity index (χ3n) is 5.61. The minimum absolute atomic E-state index is 0.00415. The maximum absolute atomic E-state index is 12.9. The molecule has 2 aromatic rings. The number of rotatable bonds is 4. The number of piperidine rings is 1. The molecule has 1 atom stereocenters. The molecule has 0 spiro atoms. The molecule has 1 aromatic heterocycles. The van der Waals surface area contributed by atoms with Crippen molar-refractivity contribution < 1.29 is 4.79 Å². The van der Waals surface area contributed by atoms with E-state index in [4.69, 9.17) is 0 Å². The predicted octanol–water partition coefficient (Wildman–Crippen LogP) is 4.00. The molecule has 3 heterocycles. The van der Waals surface area contributed by atoms with E-state index in [1.165, 1.54) is 24.9 Å². The van der Waals surface area contributed by atoms with Crippen LogP contribution in [-0.2, 0) is 0 Å². The number of aryl methyl sites for hydroxylation is 1. The molecular weight excluding hydrogens is 350 g/mol. The minimum Gasteiger partial charge on any atom is -0.372 e. The van der Waals surface area contributed by atoms with Gasteiger partial charge in [-0.25, -0.2) is 9.97 Å². The summed E-state index contributed by atoms with van der Waals surface area (Å²) >= 11 is 0. The number of nitrogens with zero attached hydrogens (tertiary/aromatic N) is 4. The summed E-state index contributed by atoms with van der Waals surface area (Å²) in [5, 5.41) is 3.33. The molecule has 1 aromatic carbocycles. The van der Waals surface area contributed by atoms with E-state index in [0.29, 0.717) is 23.3 Å². The number of carbonyl (C=O) groups excluding carboxylic acids is 1. The van der Waals surface area contributed by atoms with E-state index in [9.17, 15) is 4.79 Å². The van der Waals surface area contributed by atoms with Crippen LogP contribution in [0.2, 0.25) is 0 Å². The van der Waals surface area contributed by atoms with E-state index in [-0.39, 0.29) is 5.91 Å². The first-order valence-corrected chi connectivity index (χ1v) is 10.4. The summed E-state index contributed by atoms with van der Waals surface area (Å²) in [7, 11) is 0. The van der Waals surface area contributed by atoms with Crippen LogP contribution < -0.4 is 10.2 Å². The number of anilines is 3. The highest BCUT2D eigenvalue weighted by Gasteiger charge is 2.23. The quantitative estimate of drug-likeness (QED) is 0.870. The summed E-state index contributed by atoms with van der Waals surface area (Å²) < 4.78 is 0. The molecule has 0 saturated carbocycles. The average molecular weight is 380 g/mol. The van der Waals surface area contributed by atoms with Crippen LogP contribution in [0.1, 0.15) is 48.9 Å². The Morgan fingerprint density at radius 1 is 1.07 bits per heavy atom. The first-order valence-electron chi connectivity index (χ1n) is 10.4. The van der Waals surface area contributed by atoms with E-state index in [1.54, 1.807) is 6.07 Å². The van der Waals surface area contributed by atoms with Crippen molar-refractivity contribution in [3.63, 3.8) is 0 Å². The van der Waals surface area contributed by atoms with Crippen molar-refractivity contribution in [2.75, 3.05) is 36.4 Å². The Hall–Kier alpha value is -2.63. The largest absolute Gasteiger partial charge is 0.372 e. The lowest BCUT2D eigenvalue weighted by atomic mass is 10.00. The van der Waals surface area contributed by atoms with Gasteiger partial charge in [0.2, 0.25) is 0 Å². The number of carbonyl (C=O) groups is 1. The Labute approximate surface area is 167 Å². The topological polar surface area (TPSA) is 61.4 Å². The fourth-order valence-corrected chi connectivity index (χ4v) is 4.16. The molecular formula is C22H29N5O. The van der Waals surface area contributed by atoms with Crippen molar-refractivity contribution in [2.45, 2.75) is 39.5 Å². The molecule has 6 nitrogen and oxygen atoms in total. The Kier molecular flexibility index (Phi) is 5.46. The average Bonchev–Trinajstić information content (AvgIpc) is 3.22. The number of hydrogen-bond donors (Lipinski definition) is 1. The molecule has 2 aliphatic rings. The number of likely N-dealkylation sites (tertiary alicyclic amines) is 1. The van der Waals surface area contributed by atoms with Gasteiger partial charge in [-0.1, -0.05) is 6.92 Å². The third-order valence-corrected chi connectivity index (χ3v) is 5.61. The Morgan fingerprint density at radius 3 is 2.54 bits per heavy atom. The van der Waals surface area contributed by atoms with Crippen LogP contribution in [0.4, 0.5) is 17.2 Å². The fraction of sp³-hybridized carbons (Fsp3) is 0.500. The number of hydrogen-bond acceptors (Lipinski definition) is 5. The van der Waals surface area contributed by atoms with Crippen LogP contribution in [-0.4, -0.2) is 47.0 Å². The van der Waals surface area contributed by atoms with Gasteiger partial charge in [0.15, 0.2) is 0 Å². The molecule has 1 N–H and O–H groups in total. The lowest BCUT2D eigenvalue weighted by Crippen LogP contribution is -2.39. The monoisotopic (exact) mass is 379 g/mol. The molecule has 28 heavy (non-hydrogen) atoms. The first-order chi connectivity index (χ1) is 13.6. The van der Waals surface area contributed by atoms with Gasteiger partial charge in [0.25, 0.3) is 5.91 Å². The van der Waals surface area contributed by atoms with Gasteiger partial charge in [-0.2, -0.15) is 0 Å². The van der Waals surface area contributed by atoms with Gasteiger partial charge in [0.1, 0.15) is 17.3 Å². The van der Waals surface area contributed by atoms with Crippen molar-refractivity contribution in [2.24, 2.45) is 5.92 Å². The molecule has 1 unspecified atom stereocenters. The van der Waals surface area contributed by atoms with Crippen LogP contribution in [0.15, 0.2) is 30.3 Å². The zero-order valence-corrected chi connectivity index (χ0v) is 16.8. The standard InChI is InChI=1S/C22H29N5O/c1-16-6-5-13-27(15-16)22(28)20-14-21(24-17(2)23-20)25-18-7-9-19(10-8-18)26-11-3-4-12-26/h7-10,14,16H,3-6,11-13,15H2,1-2H3,(H,23,24,25). The van der Waals surface area contributed by atoms with Gasteiger partial charge in [-0.15, -0.1) is 0 Å². The summed E-state index contributed by atoms with van der Waals surface area (Å²) in [6.07, 6.45) is 4.79. The number of amides is 1. The molecule has 0 bridgehead atoms. The summed E-state index contributed by atoms with van der Waals surface area (Å²) in [6.45, 7) is 7.92. The maximum Gasteiger partial charge on any atom is 0.272 e. The normalized spacial score (nSPS) is 19.7. The highest BCUT2D eigenvalue weighted by molar-refractivity contribution is 5.93. The van der Waals surface area contributed by atoms with Crippen molar-refractivity contribution in [3.8, 4) is 0 Å². The number of aromatic nitrogens is 2. The summed E-state index contributed by atoms with van der Waals surface area (Å²) in [5.41, 5.74) is 2.70. The molecule has 1 amide bonds. The highest BCUT2D eigenvalue weighted by Crippen LogP contribution is 2.24. The van der Waals surface area contributed by atoms with Gasteiger partial charge in [0, 0.05) is 43.6 Å². The van der Waals surface area contributed by atoms with Gasteiger partial charge in [-0.3, -0.25) is 4.79 Å². The van der Waals surface area contributed by atoms with Gasteiger partial charge in [0.05, 0.1) is 0 Å². The highest BCUT2D eigenvalue weighted by atomic mass is 16.2. The van der Waals surface area contributed by atoms with Crippen LogP contribution in [0, 0.1) is 12.8 Å². The van der Waals surface area contributed by atoms with E-state index in [0.717, 1.165) is 38.3 Å². The van der Waals surface area contributed by atoms with Crippen LogP contribution in [0.5, 0.6) is 0 Å². The SMILES string of the molecule is Cc1nc(Nc2ccc(N3CCCC3)cc2)cc(C(=O)N2CCCC(C)C2)n1. The Morgan fingerprint density at radius 2 is 1.82 bits per heavy atom. The number of benzene rings is 1. The Bertz CT molecular complexity index is 829. The summed E-state index contributed by atoms with van der Waals surface area (Å²) in [6, 6.07) is 10.2. The van der Waals surface area contributed by atoms with Crippen LogP contribution in [0.25, 0.3) is 0 Å². The summed E-state index contributed by atoms with van der Waals surface area (Å²) in [5.74, 6) is 1.82. The van der Waals surface area contributed by atoms with E-state index >= 15 is 0 Å². The Balaban J connectivity index is 1.48. The molecule has 148 valence electrons. The van der Waals surface area contributed by atoms with Crippen molar-refractivity contribution in [1.82, 2.24) is 14.9 Å². The number of nitrogens with one attached hydrogen (secondary N) is 1. The van der Waals surface area contributed by atoms with Gasteiger partial charge >= 0.3 is 0 Å². The second-order valence-corrected chi connectivity index (χ2v) is 8.05. The van der Waals surface area contributed by atoms with E-state index in [1.807, 2.05) is 11.8 Å². The smallest absolute Gasteiger partial charge is 0.272 e. The van der Waals surface area contributed by atoms with Gasteiger partial charge < -0.3 is 15.1 Å². The molecule has 0 radical (unpaired) electrons. The third kappa shape index (κ3) is 4.26. The molecule has 0 aliphatic carbocycles. The lowest BCUT2D eigenvalue weighted by molar-refractivity contribution is 0.0676. The molecule has 2 saturated heterocycles. The minimum atomic E-state index is 0.00415. The molecule has 4 rings (SSSR count). The zero-order chi connectivity index (χ0) is 19.5. The molecule has 6 heteroatoms. The maximum atomic E-state index is 12.9. The fourth-order valence-electron chi connectivity index (χ4n) is 4.16. The van der Waals surface area contributed by atoms with E-state index in [2.05, 4.69) is 51.4 Å². The first kappa shape index (κ1) is 18.7. The zero-order valence-electron chi connectivity index (χ0n) is 16.8. The van der Waals surface area contributed by atoms with Gasteiger partial charge in [-0.05, 0) is 62.8 Å². The predicted molar refractivity (Wildman–Crippen MR) is 112 cm³/mol. The van der Waals surface area contributed by atoms with Crippen molar-refractivity contribution >= 4 is 23.1 Å². The van der Waals surface area contributed by atoms with Crippen molar-refractivity contribution in [1.29, 1.82) is 0 Å². The molecule has 2 fully saturated rings. The lowest BCUT2D eigenvalue weighted by Gasteiger charge is -2.30. The van der Waals surface area contributed by atoms with Crippen LogP contribution in [0.3, 0.4) is 0 Å². The second kappa shape index (κ2) is 8.17. The second-order valence-electron chi connectivity index (χ2n) is 8.05. The van der Waals surface area contributed by atoms with Crippen LogP contribution >= 0.6 is 0 Å². The van der Waals surface area contributed by atoms with Crippen molar-refractivity contribution in [3.05, 3.63) is 41.9 Å². The molecule has 2 aliphatic heterocycles. The van der Waals surface area contributed by atoms with E-state index < -0.39 is 0 Å².